The lowest BCUT2D eigenvalue weighted by Gasteiger charge is -2.15. The number of nitrogens with zero attached hydrogens (tertiary/aromatic N) is 5. The van der Waals surface area contributed by atoms with Gasteiger partial charge in [-0.25, -0.2) is 4.98 Å². The summed E-state index contributed by atoms with van der Waals surface area (Å²) < 4.78 is 45.8. The average Bonchev–Trinajstić information content (AvgIpc) is 2.66. The standard InChI is InChI=1S/C17H7ClF3N5O4/c18-9-1-8(5-22)2-11(3-9)30-13-14(17(19,20)21)23-7-26(16(13)29)6-10-4-12(27)15(28)25-24-10/h1-4,7H,6H2. The van der Waals surface area contributed by atoms with E-state index in [2.05, 4.69) is 15.2 Å². The van der Waals surface area contributed by atoms with Crippen LogP contribution in [0.2, 0.25) is 5.02 Å². The van der Waals surface area contributed by atoms with Crippen molar-refractivity contribution in [2.24, 2.45) is 10.2 Å². The van der Waals surface area contributed by atoms with Gasteiger partial charge in [0.2, 0.25) is 11.5 Å². The summed E-state index contributed by atoms with van der Waals surface area (Å²) >= 11 is 5.81. The van der Waals surface area contributed by atoms with Crippen molar-refractivity contribution in [3.05, 3.63) is 62.9 Å². The number of hydrogen-bond acceptors (Lipinski definition) is 7. The average molecular weight is 438 g/mol. The quantitative estimate of drug-likeness (QED) is 0.676. The van der Waals surface area contributed by atoms with Crippen LogP contribution in [0.25, 0.3) is 0 Å². The molecule has 0 spiro atoms. The van der Waals surface area contributed by atoms with Crippen LogP contribution in [0.5, 0.6) is 11.5 Å². The van der Waals surface area contributed by atoms with Gasteiger partial charge >= 0.3 is 12.1 Å². The summed E-state index contributed by atoms with van der Waals surface area (Å²) in [7, 11) is 0. The van der Waals surface area contributed by atoms with Crippen molar-refractivity contribution in [3.63, 3.8) is 0 Å². The minimum Gasteiger partial charge on any atom is -0.449 e. The number of azo groups is 1. The van der Waals surface area contributed by atoms with Gasteiger partial charge in [-0.05, 0) is 18.2 Å². The molecular weight excluding hydrogens is 431 g/mol. The molecule has 9 nitrogen and oxygen atoms in total. The van der Waals surface area contributed by atoms with Crippen molar-refractivity contribution in [1.29, 1.82) is 5.26 Å². The van der Waals surface area contributed by atoms with Crippen molar-refractivity contribution >= 4 is 23.3 Å². The van der Waals surface area contributed by atoms with Gasteiger partial charge < -0.3 is 4.74 Å². The Bertz CT molecular complexity index is 1230. The smallest absolute Gasteiger partial charge is 0.437 e. The summed E-state index contributed by atoms with van der Waals surface area (Å²) in [6.45, 7) is -0.498. The number of ether oxygens (including phenoxy) is 1. The molecule has 13 heteroatoms. The molecular formula is C17H7ClF3N5O4. The Kier molecular flexibility index (Phi) is 5.48. The minimum atomic E-state index is -5.03. The molecule has 152 valence electrons. The van der Waals surface area contributed by atoms with E-state index >= 15 is 0 Å². The highest BCUT2D eigenvalue weighted by Crippen LogP contribution is 2.35. The van der Waals surface area contributed by atoms with Gasteiger partial charge in [0.25, 0.3) is 5.56 Å². The molecule has 1 aliphatic heterocycles. The molecule has 0 unspecified atom stereocenters. The Labute approximate surface area is 169 Å². The number of carbonyl (C=O) groups excluding carboxylic acids is 2. The van der Waals surface area contributed by atoms with Gasteiger partial charge in [0.1, 0.15) is 5.75 Å². The zero-order valence-electron chi connectivity index (χ0n) is 14.5. The van der Waals surface area contributed by atoms with Crippen LogP contribution in [-0.2, 0) is 22.3 Å². The fraction of sp³-hybridized carbons (Fsp3) is 0.118. The maximum Gasteiger partial charge on any atom is 0.437 e. The monoisotopic (exact) mass is 437 g/mol. The number of rotatable bonds is 4. The molecule has 0 radical (unpaired) electrons. The predicted octanol–water partition coefficient (Wildman–Crippen LogP) is 3.02. The second kappa shape index (κ2) is 7.88. The van der Waals surface area contributed by atoms with Crippen molar-refractivity contribution in [3.8, 4) is 17.6 Å². The third-order valence-electron chi connectivity index (χ3n) is 3.60. The van der Waals surface area contributed by atoms with Gasteiger partial charge in [0.15, 0.2) is 5.69 Å². The number of nitriles is 1. The van der Waals surface area contributed by atoms with Gasteiger partial charge in [0.05, 0.1) is 30.2 Å². The number of hydrogen-bond donors (Lipinski definition) is 0. The van der Waals surface area contributed by atoms with Gasteiger partial charge in [-0.3, -0.25) is 19.0 Å². The molecule has 0 aliphatic carbocycles. The fourth-order valence-electron chi connectivity index (χ4n) is 2.33. The fourth-order valence-corrected chi connectivity index (χ4v) is 2.56. The molecule has 0 saturated heterocycles. The summed E-state index contributed by atoms with van der Waals surface area (Å²) in [6.07, 6.45) is -3.64. The highest BCUT2D eigenvalue weighted by molar-refractivity contribution is 6.41. The number of alkyl halides is 3. The number of benzene rings is 1. The number of carbonyl (C=O) groups is 2. The maximum atomic E-state index is 13.3. The zero-order chi connectivity index (χ0) is 22.1. The zero-order valence-corrected chi connectivity index (χ0v) is 15.2. The second-order valence-electron chi connectivity index (χ2n) is 5.75. The van der Waals surface area contributed by atoms with Gasteiger partial charge in [-0.1, -0.05) is 11.6 Å². The van der Waals surface area contributed by atoms with E-state index < -0.39 is 41.4 Å². The number of halogens is 4. The van der Waals surface area contributed by atoms with E-state index in [1.165, 1.54) is 6.07 Å². The Morgan fingerprint density at radius 3 is 2.53 bits per heavy atom. The van der Waals surface area contributed by atoms with E-state index in [1.807, 2.05) is 0 Å². The molecule has 2 heterocycles. The minimum absolute atomic E-state index is 0.00206. The first-order valence-corrected chi connectivity index (χ1v) is 8.22. The molecule has 0 saturated carbocycles. The number of amides is 1. The molecule has 0 N–H and O–H groups in total. The molecule has 1 aliphatic rings. The van der Waals surface area contributed by atoms with E-state index in [9.17, 15) is 27.6 Å². The Hall–Kier alpha value is -3.85. The highest BCUT2D eigenvalue weighted by atomic mass is 35.5. The van der Waals surface area contributed by atoms with E-state index in [4.69, 9.17) is 21.6 Å². The largest absolute Gasteiger partial charge is 0.449 e. The number of ketones is 1. The lowest BCUT2D eigenvalue weighted by atomic mass is 10.2. The molecule has 0 atom stereocenters. The molecule has 1 amide bonds. The van der Waals surface area contributed by atoms with Crippen LogP contribution in [0.3, 0.4) is 0 Å². The van der Waals surface area contributed by atoms with Crippen LogP contribution in [0.1, 0.15) is 11.3 Å². The highest BCUT2D eigenvalue weighted by Gasteiger charge is 2.39. The molecule has 1 aromatic carbocycles. The molecule has 2 aromatic rings. The van der Waals surface area contributed by atoms with Crippen molar-refractivity contribution in [1.82, 2.24) is 9.55 Å². The van der Waals surface area contributed by atoms with Gasteiger partial charge in [0, 0.05) is 11.1 Å². The summed E-state index contributed by atoms with van der Waals surface area (Å²) in [4.78, 5) is 38.3. The summed E-state index contributed by atoms with van der Waals surface area (Å²) in [5.74, 6) is -3.58. The summed E-state index contributed by atoms with van der Waals surface area (Å²) in [6, 6.07) is 5.20. The first-order chi connectivity index (χ1) is 14.1. The van der Waals surface area contributed by atoms with Crippen LogP contribution in [0.4, 0.5) is 13.2 Å². The maximum absolute atomic E-state index is 13.3. The molecule has 3 rings (SSSR count). The molecule has 0 fully saturated rings. The van der Waals surface area contributed by atoms with Gasteiger partial charge in [-0.15, -0.1) is 10.2 Å². The third-order valence-corrected chi connectivity index (χ3v) is 3.81. The normalized spacial score (nSPS) is 13.8. The lowest BCUT2D eigenvalue weighted by molar-refractivity contribution is -0.142. The lowest BCUT2D eigenvalue weighted by Crippen LogP contribution is -2.27. The summed E-state index contributed by atoms with van der Waals surface area (Å²) in [5.41, 5.74) is -3.01. The van der Waals surface area contributed by atoms with Crippen LogP contribution in [0.15, 0.2) is 51.3 Å². The van der Waals surface area contributed by atoms with E-state index in [0.717, 1.165) is 18.2 Å². The first kappa shape index (κ1) is 20.9. The topological polar surface area (TPSA) is 127 Å². The van der Waals surface area contributed by atoms with Crippen LogP contribution >= 0.6 is 11.6 Å². The van der Waals surface area contributed by atoms with Crippen LogP contribution < -0.4 is 10.3 Å². The van der Waals surface area contributed by atoms with Crippen LogP contribution in [-0.4, -0.2) is 21.2 Å². The predicted molar refractivity (Wildman–Crippen MR) is 92.7 cm³/mol. The second-order valence-corrected chi connectivity index (χ2v) is 6.18. The SMILES string of the molecule is N#Cc1cc(Cl)cc(Oc2c(C(F)(F)F)ncn(CC3=CC(=O)C(=O)N=N3)c2=O)c1. The molecule has 0 bridgehead atoms. The van der Waals surface area contributed by atoms with Crippen molar-refractivity contribution < 1.29 is 27.5 Å². The molecule has 1 aromatic heterocycles. The van der Waals surface area contributed by atoms with E-state index in [0.29, 0.717) is 10.9 Å². The Balaban J connectivity index is 2.06. The Morgan fingerprint density at radius 1 is 1.17 bits per heavy atom. The molecule has 30 heavy (non-hydrogen) atoms. The number of aromatic nitrogens is 2. The van der Waals surface area contributed by atoms with E-state index in [-0.39, 0.29) is 22.0 Å². The van der Waals surface area contributed by atoms with Crippen molar-refractivity contribution in [2.75, 3.05) is 0 Å². The van der Waals surface area contributed by atoms with Gasteiger partial charge in [-0.2, -0.15) is 18.4 Å². The van der Waals surface area contributed by atoms with Crippen molar-refractivity contribution in [2.45, 2.75) is 12.7 Å². The Morgan fingerprint density at radius 2 is 1.90 bits per heavy atom. The van der Waals surface area contributed by atoms with E-state index in [1.54, 1.807) is 6.07 Å². The third kappa shape index (κ3) is 4.41. The number of allylic oxidation sites excluding steroid dienone is 1. The summed E-state index contributed by atoms with van der Waals surface area (Å²) in [5, 5.41) is 15.5. The van der Waals surface area contributed by atoms with Crippen LogP contribution in [0, 0.1) is 11.3 Å². The first-order valence-electron chi connectivity index (χ1n) is 7.84.